The first-order chi connectivity index (χ1) is 15.4. The molecule has 1 fully saturated rings. The summed E-state index contributed by atoms with van der Waals surface area (Å²) in [5.41, 5.74) is 6.08. The lowest BCUT2D eigenvalue weighted by atomic mass is 10.1. The minimum absolute atomic E-state index is 0.0210. The van der Waals surface area contributed by atoms with Crippen LogP contribution in [0.1, 0.15) is 23.2 Å². The first kappa shape index (κ1) is 22.2. The Labute approximate surface area is 192 Å². The van der Waals surface area contributed by atoms with Gasteiger partial charge in [-0.25, -0.2) is 4.79 Å². The highest BCUT2D eigenvalue weighted by atomic mass is 79.9. The predicted octanol–water partition coefficient (Wildman–Crippen LogP) is 1.62. The number of imidazole rings is 1. The largest absolute Gasteiger partial charge is 0.341 e. The van der Waals surface area contributed by atoms with Crippen molar-refractivity contribution in [1.82, 2.24) is 18.7 Å². The number of ketones is 1. The van der Waals surface area contributed by atoms with Gasteiger partial charge in [-0.1, -0.05) is 52.3 Å². The molecule has 2 N–H and O–H groups in total. The number of hydrogen-bond donors (Lipinski definition) is 1. The van der Waals surface area contributed by atoms with Gasteiger partial charge in [0.05, 0.1) is 6.54 Å². The second-order valence-corrected chi connectivity index (χ2v) is 8.46. The third kappa shape index (κ3) is 4.07. The Morgan fingerprint density at radius 1 is 1.25 bits per heavy atom. The summed E-state index contributed by atoms with van der Waals surface area (Å²) in [4.78, 5) is 47.7. The van der Waals surface area contributed by atoms with E-state index < -0.39 is 11.2 Å². The topological polar surface area (TPSA) is 108 Å². The Kier molecular flexibility index (Phi) is 6.43. The van der Waals surface area contributed by atoms with E-state index >= 15 is 0 Å². The molecule has 0 spiro atoms. The molecule has 0 radical (unpaired) electrons. The van der Waals surface area contributed by atoms with Gasteiger partial charge in [-0.15, -0.1) is 0 Å². The third-order valence-electron chi connectivity index (χ3n) is 5.73. The average Bonchev–Trinajstić information content (AvgIpc) is 3.19. The molecular weight excluding hydrogens is 476 g/mol. The van der Waals surface area contributed by atoms with Crippen molar-refractivity contribution in [2.24, 2.45) is 12.8 Å². The van der Waals surface area contributed by atoms with Crippen LogP contribution in [0, 0.1) is 0 Å². The van der Waals surface area contributed by atoms with Crippen molar-refractivity contribution in [1.29, 1.82) is 0 Å². The lowest BCUT2D eigenvalue weighted by molar-refractivity contribution is 0.0969. The molecule has 3 aromatic rings. The summed E-state index contributed by atoms with van der Waals surface area (Å²) in [6.07, 6.45) is 3.71. The van der Waals surface area contributed by atoms with Crippen LogP contribution in [-0.2, 0) is 20.1 Å². The first-order valence-electron chi connectivity index (χ1n) is 10.5. The number of anilines is 1. The molecule has 0 amide bonds. The number of fused-ring (bicyclic) bond motifs is 1. The molecule has 2 aromatic heterocycles. The van der Waals surface area contributed by atoms with Crippen molar-refractivity contribution in [3.05, 3.63) is 67.8 Å². The van der Waals surface area contributed by atoms with Gasteiger partial charge < -0.3 is 15.2 Å². The fraction of sp³-hybridized carbons (Fsp3) is 0.364. The zero-order valence-electron chi connectivity index (χ0n) is 17.8. The molecule has 1 unspecified atom stereocenters. The fourth-order valence-corrected chi connectivity index (χ4v) is 4.28. The van der Waals surface area contributed by atoms with Crippen LogP contribution in [0.5, 0.6) is 0 Å². The zero-order chi connectivity index (χ0) is 22.8. The van der Waals surface area contributed by atoms with Gasteiger partial charge >= 0.3 is 5.69 Å². The van der Waals surface area contributed by atoms with Gasteiger partial charge in [0.25, 0.3) is 5.56 Å². The Morgan fingerprint density at radius 2 is 2.00 bits per heavy atom. The third-order valence-corrected chi connectivity index (χ3v) is 6.10. The Morgan fingerprint density at radius 3 is 2.69 bits per heavy atom. The van der Waals surface area contributed by atoms with Crippen LogP contribution in [0.15, 0.2) is 51.0 Å². The van der Waals surface area contributed by atoms with Crippen LogP contribution in [0.3, 0.4) is 0 Å². The highest BCUT2D eigenvalue weighted by Gasteiger charge is 2.26. The Hall–Kier alpha value is -2.98. The normalized spacial score (nSPS) is 16.8. The quantitative estimate of drug-likeness (QED) is 0.515. The van der Waals surface area contributed by atoms with E-state index in [9.17, 15) is 14.4 Å². The molecule has 3 heterocycles. The van der Waals surface area contributed by atoms with Crippen LogP contribution in [0.2, 0.25) is 0 Å². The summed E-state index contributed by atoms with van der Waals surface area (Å²) in [6, 6.07) is 8.65. The number of Topliss-reactive ketones (excluding diaryl/α,β-unsaturated/α-hetero) is 1. The summed E-state index contributed by atoms with van der Waals surface area (Å²) in [5, 5.41) is 0. The number of piperidine rings is 1. The number of rotatable bonds is 6. The van der Waals surface area contributed by atoms with Gasteiger partial charge in [-0.2, -0.15) is 4.98 Å². The van der Waals surface area contributed by atoms with Gasteiger partial charge in [0.2, 0.25) is 5.95 Å². The van der Waals surface area contributed by atoms with E-state index in [2.05, 4.69) is 25.8 Å². The standard InChI is InChI=1S/C22H25BrN6O3/c1-26-19-18(20(31)29(22(26)32)14-17(30)15-7-3-2-4-8-15)28(12-6-10-23)21(25-19)27-11-5-9-16(24)13-27/h2-4,6-8,10,16H,5,9,11-14,24H2,1H3. The highest BCUT2D eigenvalue weighted by Crippen LogP contribution is 2.23. The van der Waals surface area contributed by atoms with E-state index in [0.717, 1.165) is 24.0 Å². The molecule has 9 nitrogen and oxygen atoms in total. The molecule has 1 saturated heterocycles. The summed E-state index contributed by atoms with van der Waals surface area (Å²) < 4.78 is 4.10. The summed E-state index contributed by atoms with van der Waals surface area (Å²) in [7, 11) is 1.57. The maximum Gasteiger partial charge on any atom is 0.332 e. The number of benzene rings is 1. The van der Waals surface area contributed by atoms with Crippen molar-refractivity contribution in [3.63, 3.8) is 0 Å². The fourth-order valence-electron chi connectivity index (χ4n) is 4.11. The number of nitrogens with two attached hydrogens (primary N) is 1. The average molecular weight is 501 g/mol. The molecule has 0 saturated carbocycles. The van der Waals surface area contributed by atoms with Gasteiger partial charge in [0.15, 0.2) is 16.9 Å². The van der Waals surface area contributed by atoms with Gasteiger partial charge in [0, 0.05) is 38.3 Å². The molecule has 10 heteroatoms. The Balaban J connectivity index is 1.88. The van der Waals surface area contributed by atoms with Crippen LogP contribution >= 0.6 is 15.9 Å². The van der Waals surface area contributed by atoms with Crippen LogP contribution in [-0.4, -0.2) is 43.6 Å². The number of carbonyl (C=O) groups excluding carboxylic acids is 1. The number of nitrogens with zero attached hydrogens (tertiary/aromatic N) is 5. The molecule has 1 aliphatic heterocycles. The van der Waals surface area contributed by atoms with Crippen LogP contribution in [0.25, 0.3) is 11.2 Å². The number of aromatic nitrogens is 4. The molecule has 1 aromatic carbocycles. The van der Waals surface area contributed by atoms with E-state index in [1.807, 2.05) is 6.08 Å². The number of allylic oxidation sites excluding steroid dienone is 1. The Bertz CT molecular complexity index is 1290. The van der Waals surface area contributed by atoms with Crippen molar-refractivity contribution in [2.75, 3.05) is 18.0 Å². The molecule has 168 valence electrons. The number of aryl methyl sites for hydroxylation is 1. The minimum atomic E-state index is -0.575. The molecule has 32 heavy (non-hydrogen) atoms. The minimum Gasteiger partial charge on any atom is -0.341 e. The van der Waals surface area contributed by atoms with Crippen molar-refractivity contribution in [3.8, 4) is 0 Å². The lowest BCUT2D eigenvalue weighted by Gasteiger charge is -2.31. The van der Waals surface area contributed by atoms with Crippen LogP contribution in [0.4, 0.5) is 5.95 Å². The molecule has 4 rings (SSSR count). The first-order valence-corrected chi connectivity index (χ1v) is 11.4. The van der Waals surface area contributed by atoms with E-state index in [1.54, 1.807) is 46.9 Å². The summed E-state index contributed by atoms with van der Waals surface area (Å²) in [6.45, 7) is 1.43. The zero-order valence-corrected chi connectivity index (χ0v) is 19.4. The lowest BCUT2D eigenvalue weighted by Crippen LogP contribution is -2.44. The van der Waals surface area contributed by atoms with Gasteiger partial charge in [0.1, 0.15) is 0 Å². The maximum atomic E-state index is 13.5. The molecule has 0 aliphatic carbocycles. The van der Waals surface area contributed by atoms with Gasteiger partial charge in [-0.3, -0.25) is 18.7 Å². The summed E-state index contributed by atoms with van der Waals surface area (Å²) >= 11 is 3.28. The number of hydrogen-bond acceptors (Lipinski definition) is 6. The highest BCUT2D eigenvalue weighted by molar-refractivity contribution is 9.11. The summed E-state index contributed by atoms with van der Waals surface area (Å²) in [5.74, 6) is 0.290. The van der Waals surface area contributed by atoms with Crippen molar-refractivity contribution >= 4 is 38.8 Å². The predicted molar refractivity (Wildman–Crippen MR) is 127 cm³/mol. The molecule has 1 atom stereocenters. The molecule has 0 bridgehead atoms. The van der Waals surface area contributed by atoms with E-state index in [4.69, 9.17) is 5.73 Å². The number of halogens is 1. The van der Waals surface area contributed by atoms with E-state index in [-0.39, 0.29) is 23.9 Å². The molecular formula is C22H25BrN6O3. The smallest absolute Gasteiger partial charge is 0.332 e. The van der Waals surface area contributed by atoms with Crippen molar-refractivity contribution < 1.29 is 4.79 Å². The number of carbonyl (C=O) groups is 1. The monoisotopic (exact) mass is 500 g/mol. The second kappa shape index (κ2) is 9.25. The van der Waals surface area contributed by atoms with Gasteiger partial charge in [-0.05, 0) is 17.8 Å². The van der Waals surface area contributed by atoms with Crippen LogP contribution < -0.4 is 21.9 Å². The maximum absolute atomic E-state index is 13.5. The SMILES string of the molecule is Cn1c(=O)n(CC(=O)c2ccccc2)c(=O)c2c1nc(N1CCCC(N)C1)n2CC=CBr. The molecule has 1 aliphatic rings. The van der Waals surface area contributed by atoms with Crippen molar-refractivity contribution in [2.45, 2.75) is 32.0 Å². The second-order valence-electron chi connectivity index (χ2n) is 7.93. The van der Waals surface area contributed by atoms with E-state index in [1.165, 1.54) is 4.57 Å². The van der Waals surface area contributed by atoms with E-state index in [0.29, 0.717) is 30.2 Å².